The molecule has 39 heavy (non-hydrogen) atoms. The van der Waals surface area contributed by atoms with Crippen LogP contribution in [0.1, 0.15) is 59.8 Å². The van der Waals surface area contributed by atoms with Gasteiger partial charge in [-0.1, -0.05) is 54.1 Å². The minimum absolute atomic E-state index is 0.263. The SMILES string of the molecule is COc1ccc(CO[C@@H](/C=C\C(O)[C@H]2OC(C)(C)O[C@@H]2C/C=C/c2cc(C)cc(C)c2C(=O)O)[C@H](C)O)cc1. The minimum Gasteiger partial charge on any atom is -0.497 e. The van der Waals surface area contributed by atoms with Gasteiger partial charge in [-0.15, -0.1) is 0 Å². The molecule has 5 atom stereocenters. The number of aliphatic hydroxyl groups is 2. The molecule has 0 aromatic heterocycles. The Balaban J connectivity index is 1.68. The number of benzene rings is 2. The fraction of sp³-hybridized carbons (Fsp3) is 0.452. The van der Waals surface area contributed by atoms with Gasteiger partial charge >= 0.3 is 5.97 Å². The lowest BCUT2D eigenvalue weighted by Crippen LogP contribution is -2.34. The summed E-state index contributed by atoms with van der Waals surface area (Å²) in [5, 5.41) is 30.9. The monoisotopic (exact) mass is 540 g/mol. The average molecular weight is 541 g/mol. The number of aryl methyl sites for hydroxylation is 2. The maximum absolute atomic E-state index is 11.8. The van der Waals surface area contributed by atoms with E-state index >= 15 is 0 Å². The fourth-order valence-corrected chi connectivity index (χ4v) is 4.69. The largest absolute Gasteiger partial charge is 0.497 e. The molecule has 1 aliphatic rings. The van der Waals surface area contributed by atoms with Crippen LogP contribution < -0.4 is 4.74 Å². The molecule has 8 nitrogen and oxygen atoms in total. The van der Waals surface area contributed by atoms with Crippen LogP contribution in [0.2, 0.25) is 0 Å². The van der Waals surface area contributed by atoms with E-state index in [9.17, 15) is 20.1 Å². The Labute approximate surface area is 230 Å². The molecule has 1 saturated heterocycles. The molecule has 2 aromatic carbocycles. The summed E-state index contributed by atoms with van der Waals surface area (Å²) in [7, 11) is 1.60. The van der Waals surface area contributed by atoms with Gasteiger partial charge in [0.05, 0.1) is 31.5 Å². The number of carboxylic acids is 1. The normalized spacial score (nSPS) is 21.3. The molecule has 0 saturated carbocycles. The molecule has 3 rings (SSSR count). The standard InChI is InChI=1S/C31H40O8/c1-19-16-20(2)28(30(34)35)23(17-19)8-7-9-27-29(39-31(4,5)38-27)25(33)14-15-26(21(3)32)37-18-22-10-12-24(36-6)13-11-22/h7-8,10-17,21,25-27,29,32-33H,9,18H2,1-6H3,(H,34,35)/b8-7+,15-14-/t21-,25?,26-,27+,29+/m0/s1. The molecule has 1 unspecified atom stereocenters. The molecule has 212 valence electrons. The van der Waals surface area contributed by atoms with Crippen molar-refractivity contribution in [3.05, 3.63) is 82.4 Å². The van der Waals surface area contributed by atoms with Crippen LogP contribution in [0.15, 0.2) is 54.6 Å². The third-order valence-corrected chi connectivity index (χ3v) is 6.52. The second kappa shape index (κ2) is 13.4. The van der Waals surface area contributed by atoms with Crippen LogP contribution in [0.4, 0.5) is 0 Å². The number of ether oxygens (including phenoxy) is 4. The van der Waals surface area contributed by atoms with Crippen molar-refractivity contribution in [2.75, 3.05) is 7.11 Å². The van der Waals surface area contributed by atoms with Crippen LogP contribution in [-0.4, -0.2) is 64.7 Å². The summed E-state index contributed by atoms with van der Waals surface area (Å²) in [6.45, 7) is 9.17. The van der Waals surface area contributed by atoms with E-state index in [1.165, 1.54) is 0 Å². The topological polar surface area (TPSA) is 115 Å². The lowest BCUT2D eigenvalue weighted by molar-refractivity contribution is -0.152. The fourth-order valence-electron chi connectivity index (χ4n) is 4.69. The van der Waals surface area contributed by atoms with Gasteiger partial charge in [0.15, 0.2) is 5.79 Å². The third kappa shape index (κ3) is 8.49. The van der Waals surface area contributed by atoms with Crippen LogP contribution in [0.5, 0.6) is 5.75 Å². The van der Waals surface area contributed by atoms with E-state index in [0.717, 1.165) is 16.9 Å². The summed E-state index contributed by atoms with van der Waals surface area (Å²) >= 11 is 0. The summed E-state index contributed by atoms with van der Waals surface area (Å²) < 4.78 is 23.1. The smallest absolute Gasteiger partial charge is 0.336 e. The van der Waals surface area contributed by atoms with E-state index in [1.807, 2.05) is 49.4 Å². The van der Waals surface area contributed by atoms with E-state index in [1.54, 1.807) is 53.0 Å². The highest BCUT2D eigenvalue weighted by Crippen LogP contribution is 2.33. The number of carboxylic acid groups (broad SMARTS) is 1. The first-order valence-electron chi connectivity index (χ1n) is 13.1. The molecule has 0 aliphatic carbocycles. The van der Waals surface area contributed by atoms with Crippen molar-refractivity contribution in [3.8, 4) is 5.75 Å². The number of hydrogen-bond acceptors (Lipinski definition) is 7. The molecule has 1 aliphatic heterocycles. The highest BCUT2D eigenvalue weighted by Gasteiger charge is 2.43. The molecular formula is C31H40O8. The Morgan fingerprint density at radius 2 is 1.79 bits per heavy atom. The van der Waals surface area contributed by atoms with Gasteiger partial charge in [-0.2, -0.15) is 0 Å². The maximum atomic E-state index is 11.8. The zero-order chi connectivity index (χ0) is 28.7. The molecule has 8 heteroatoms. The molecule has 2 aromatic rings. The molecule has 1 heterocycles. The summed E-state index contributed by atoms with van der Waals surface area (Å²) in [6.07, 6.45) is 3.60. The number of methoxy groups -OCH3 is 1. The first kappa shape index (κ1) is 30.5. The lowest BCUT2D eigenvalue weighted by atomic mass is 9.97. The summed E-state index contributed by atoms with van der Waals surface area (Å²) in [4.78, 5) is 11.8. The van der Waals surface area contributed by atoms with E-state index in [0.29, 0.717) is 17.5 Å². The summed E-state index contributed by atoms with van der Waals surface area (Å²) in [6, 6.07) is 11.1. The van der Waals surface area contributed by atoms with Crippen molar-refractivity contribution in [3.63, 3.8) is 0 Å². The number of aliphatic hydroxyl groups excluding tert-OH is 2. The van der Waals surface area contributed by atoms with E-state index in [-0.39, 0.29) is 12.2 Å². The third-order valence-electron chi connectivity index (χ3n) is 6.52. The first-order valence-corrected chi connectivity index (χ1v) is 13.1. The second-order valence-electron chi connectivity index (χ2n) is 10.4. The van der Waals surface area contributed by atoms with Crippen molar-refractivity contribution in [1.82, 2.24) is 0 Å². The molecule has 1 fully saturated rings. The van der Waals surface area contributed by atoms with Gasteiger partial charge in [0.25, 0.3) is 0 Å². The van der Waals surface area contributed by atoms with Crippen molar-refractivity contribution in [2.45, 2.75) is 84.0 Å². The number of aromatic carboxylic acids is 1. The summed E-state index contributed by atoms with van der Waals surface area (Å²) in [5.74, 6) is -1.14. The predicted octanol–water partition coefficient (Wildman–Crippen LogP) is 4.82. The Morgan fingerprint density at radius 1 is 1.10 bits per heavy atom. The van der Waals surface area contributed by atoms with Crippen LogP contribution in [-0.2, 0) is 20.8 Å². The Bertz CT molecular complexity index is 1170. The molecular weight excluding hydrogens is 500 g/mol. The van der Waals surface area contributed by atoms with Gasteiger partial charge in [0.2, 0.25) is 0 Å². The average Bonchev–Trinajstić information content (AvgIpc) is 3.17. The van der Waals surface area contributed by atoms with Crippen molar-refractivity contribution >= 4 is 12.0 Å². The van der Waals surface area contributed by atoms with E-state index in [4.69, 9.17) is 18.9 Å². The minimum atomic E-state index is -1.02. The van der Waals surface area contributed by atoms with Gasteiger partial charge in [0, 0.05) is 0 Å². The van der Waals surface area contributed by atoms with Gasteiger partial charge in [0.1, 0.15) is 24.1 Å². The molecule has 0 spiro atoms. The number of carbonyl (C=O) groups is 1. The maximum Gasteiger partial charge on any atom is 0.336 e. The van der Waals surface area contributed by atoms with E-state index < -0.39 is 42.3 Å². The summed E-state index contributed by atoms with van der Waals surface area (Å²) in [5.41, 5.74) is 3.47. The van der Waals surface area contributed by atoms with Crippen LogP contribution in [0.3, 0.4) is 0 Å². The highest BCUT2D eigenvalue weighted by atomic mass is 16.8. The molecule has 0 bridgehead atoms. The lowest BCUT2D eigenvalue weighted by Gasteiger charge is -2.21. The zero-order valence-electron chi connectivity index (χ0n) is 23.5. The van der Waals surface area contributed by atoms with Crippen molar-refractivity contribution in [1.29, 1.82) is 0 Å². The quantitative estimate of drug-likeness (QED) is 0.329. The molecule has 3 N–H and O–H groups in total. The van der Waals surface area contributed by atoms with Gasteiger partial charge in [-0.25, -0.2) is 4.79 Å². The highest BCUT2D eigenvalue weighted by molar-refractivity contribution is 5.94. The van der Waals surface area contributed by atoms with Gasteiger partial charge < -0.3 is 34.3 Å². The Hall–Kier alpha value is -3.01. The number of hydrogen-bond donors (Lipinski definition) is 3. The van der Waals surface area contributed by atoms with Gasteiger partial charge in [-0.3, -0.25) is 0 Å². The molecule has 0 amide bonds. The first-order chi connectivity index (χ1) is 18.4. The van der Waals surface area contributed by atoms with Crippen LogP contribution in [0.25, 0.3) is 6.08 Å². The van der Waals surface area contributed by atoms with Crippen LogP contribution >= 0.6 is 0 Å². The van der Waals surface area contributed by atoms with Crippen molar-refractivity contribution < 1.29 is 39.1 Å². The molecule has 0 radical (unpaired) electrons. The Kier molecular flexibility index (Phi) is 10.5. The number of rotatable bonds is 12. The Morgan fingerprint density at radius 3 is 2.41 bits per heavy atom. The van der Waals surface area contributed by atoms with E-state index in [2.05, 4.69) is 0 Å². The van der Waals surface area contributed by atoms with Crippen molar-refractivity contribution in [2.24, 2.45) is 0 Å². The van der Waals surface area contributed by atoms with Crippen LogP contribution in [0, 0.1) is 13.8 Å². The van der Waals surface area contributed by atoms with Gasteiger partial charge in [-0.05, 0) is 69.9 Å². The second-order valence-corrected chi connectivity index (χ2v) is 10.4. The zero-order valence-corrected chi connectivity index (χ0v) is 23.5. The predicted molar refractivity (Wildman–Crippen MR) is 149 cm³/mol.